The van der Waals surface area contributed by atoms with E-state index in [1.807, 2.05) is 6.08 Å². The van der Waals surface area contributed by atoms with Gasteiger partial charge in [0.05, 0.1) is 16.8 Å². The summed E-state index contributed by atoms with van der Waals surface area (Å²) < 4.78 is 0. The van der Waals surface area contributed by atoms with Gasteiger partial charge in [-0.05, 0) is 121 Å². The zero-order chi connectivity index (χ0) is 36.0. The molecule has 3 nitrogen and oxygen atoms in total. The summed E-state index contributed by atoms with van der Waals surface area (Å²) in [5.41, 5.74) is 18.1. The van der Waals surface area contributed by atoms with Crippen LogP contribution in [0.3, 0.4) is 0 Å². The Kier molecular flexibility index (Phi) is 6.47. The van der Waals surface area contributed by atoms with Crippen LogP contribution in [0, 0.1) is 10.8 Å². The first kappa shape index (κ1) is 30.5. The molecular formula is C51H33N3. The smallest absolute Gasteiger partial charge is 0.0873 e. The average molecular weight is 688 g/mol. The quantitative estimate of drug-likeness (QED) is 0.190. The van der Waals surface area contributed by atoms with Gasteiger partial charge in [-0.2, -0.15) is 0 Å². The molecule has 3 heteroatoms. The summed E-state index contributed by atoms with van der Waals surface area (Å²) >= 11 is 0. The molecule has 8 aromatic carbocycles. The lowest BCUT2D eigenvalue weighted by atomic mass is 9.70. The third-order valence-electron chi connectivity index (χ3n) is 11.7. The van der Waals surface area contributed by atoms with Gasteiger partial charge in [-0.1, -0.05) is 140 Å². The molecule has 1 spiro atoms. The predicted molar refractivity (Wildman–Crippen MR) is 224 cm³/mol. The van der Waals surface area contributed by atoms with E-state index in [1.54, 1.807) is 6.08 Å². The minimum absolute atomic E-state index is 0.249. The van der Waals surface area contributed by atoms with Gasteiger partial charge < -0.3 is 4.90 Å². The van der Waals surface area contributed by atoms with Gasteiger partial charge in [-0.15, -0.1) is 0 Å². The SMILES string of the molecule is N=C1C=Cc2ccc3cc(-c4ccc(N(c5ccccc5)c5ccc6c(c5)-c5ccccc5C65c6ccccc6-c6ccccc65)cc4)ccc3c2C1=N. The Morgan fingerprint density at radius 2 is 0.963 bits per heavy atom. The molecule has 0 amide bonds. The van der Waals surface area contributed by atoms with Crippen LogP contribution in [0.5, 0.6) is 0 Å². The van der Waals surface area contributed by atoms with E-state index in [2.05, 4.69) is 181 Å². The first-order chi connectivity index (χ1) is 26.6. The number of para-hydroxylation sites is 1. The van der Waals surface area contributed by atoms with Gasteiger partial charge in [0, 0.05) is 22.6 Å². The van der Waals surface area contributed by atoms with Crippen molar-refractivity contribution in [2.75, 3.05) is 4.90 Å². The summed E-state index contributed by atoms with van der Waals surface area (Å²) in [5, 5.41) is 18.9. The number of anilines is 3. The standard InChI is InChI=1S/C51H33N3/c52-48-29-23-33-18-19-35-30-34(22-27-39(35)49(33)50(48)53)32-20-24-37(25-21-32)54(36-10-2-1-3-11-36)38-26-28-47-43(31-38)42-14-6-9-17-46(42)51(47)44-15-7-4-12-40(44)41-13-5-8-16-45(41)51/h1-31,52-53H. The van der Waals surface area contributed by atoms with Crippen molar-refractivity contribution in [3.63, 3.8) is 0 Å². The Bertz CT molecular complexity index is 2870. The molecule has 252 valence electrons. The van der Waals surface area contributed by atoms with Crippen LogP contribution < -0.4 is 4.90 Å². The number of hydrogen-bond donors (Lipinski definition) is 2. The number of nitrogens with one attached hydrogen (secondary N) is 2. The highest BCUT2D eigenvalue weighted by atomic mass is 15.1. The van der Waals surface area contributed by atoms with Crippen LogP contribution in [0.4, 0.5) is 17.1 Å². The van der Waals surface area contributed by atoms with Gasteiger partial charge in [0.1, 0.15) is 0 Å². The first-order valence-corrected chi connectivity index (χ1v) is 18.4. The van der Waals surface area contributed by atoms with E-state index in [9.17, 15) is 0 Å². The second-order valence-corrected chi connectivity index (χ2v) is 14.4. The highest BCUT2D eigenvalue weighted by Crippen LogP contribution is 2.63. The van der Waals surface area contributed by atoms with Crippen LogP contribution in [-0.4, -0.2) is 11.4 Å². The minimum Gasteiger partial charge on any atom is -0.310 e. The number of rotatable bonds is 4. The Balaban J connectivity index is 1.03. The molecule has 3 aliphatic rings. The Morgan fingerprint density at radius 1 is 0.407 bits per heavy atom. The normalized spacial score (nSPS) is 14.1. The summed E-state index contributed by atoms with van der Waals surface area (Å²) in [6.45, 7) is 0. The van der Waals surface area contributed by atoms with E-state index in [0.717, 1.165) is 50.1 Å². The first-order valence-electron chi connectivity index (χ1n) is 18.4. The molecule has 0 saturated carbocycles. The molecule has 0 aliphatic heterocycles. The van der Waals surface area contributed by atoms with Crippen LogP contribution in [0.25, 0.3) is 50.2 Å². The Labute approximate surface area is 314 Å². The Hall–Kier alpha value is -7.10. The fourth-order valence-electron chi connectivity index (χ4n) is 9.39. The van der Waals surface area contributed by atoms with Gasteiger partial charge in [0.15, 0.2) is 0 Å². The lowest BCUT2D eigenvalue weighted by Gasteiger charge is -2.31. The zero-order valence-electron chi connectivity index (χ0n) is 29.3. The van der Waals surface area contributed by atoms with Gasteiger partial charge in [-0.3, -0.25) is 10.8 Å². The van der Waals surface area contributed by atoms with E-state index in [1.165, 1.54) is 44.5 Å². The van der Waals surface area contributed by atoms with Crippen molar-refractivity contribution in [3.8, 4) is 33.4 Å². The molecule has 3 aliphatic carbocycles. The fraction of sp³-hybridized carbons (Fsp3) is 0.0196. The molecule has 2 N–H and O–H groups in total. The third-order valence-corrected chi connectivity index (χ3v) is 11.7. The van der Waals surface area contributed by atoms with Crippen LogP contribution >= 0.6 is 0 Å². The molecule has 0 bridgehead atoms. The summed E-state index contributed by atoms with van der Waals surface area (Å²) in [5.74, 6) is 0. The molecule has 0 radical (unpaired) electrons. The molecule has 0 aromatic heterocycles. The van der Waals surface area contributed by atoms with Crippen molar-refractivity contribution in [2.24, 2.45) is 0 Å². The number of fused-ring (bicyclic) bond motifs is 13. The average Bonchev–Trinajstić information content (AvgIpc) is 3.70. The van der Waals surface area contributed by atoms with Crippen molar-refractivity contribution in [1.29, 1.82) is 10.8 Å². The predicted octanol–water partition coefficient (Wildman–Crippen LogP) is 12.7. The summed E-state index contributed by atoms with van der Waals surface area (Å²) in [6.07, 6.45) is 3.64. The molecule has 0 atom stereocenters. The van der Waals surface area contributed by atoms with Crippen molar-refractivity contribution in [3.05, 3.63) is 215 Å². The molecule has 0 unspecified atom stereocenters. The number of nitrogens with zero attached hydrogens (tertiary/aromatic N) is 1. The summed E-state index contributed by atoms with van der Waals surface area (Å²) in [7, 11) is 0. The molecule has 0 heterocycles. The summed E-state index contributed by atoms with van der Waals surface area (Å²) in [6, 6.07) is 64.0. The Morgan fingerprint density at radius 3 is 1.65 bits per heavy atom. The number of allylic oxidation sites excluding steroid dienone is 1. The van der Waals surface area contributed by atoms with Crippen molar-refractivity contribution < 1.29 is 0 Å². The van der Waals surface area contributed by atoms with Crippen molar-refractivity contribution in [2.45, 2.75) is 5.41 Å². The van der Waals surface area contributed by atoms with Crippen molar-refractivity contribution >= 4 is 45.3 Å². The molecule has 11 rings (SSSR count). The lowest BCUT2D eigenvalue weighted by molar-refractivity contribution is 0.794. The third kappa shape index (κ3) is 4.18. The lowest BCUT2D eigenvalue weighted by Crippen LogP contribution is -2.25. The maximum atomic E-state index is 8.58. The highest BCUT2D eigenvalue weighted by Gasteiger charge is 2.51. The van der Waals surface area contributed by atoms with Gasteiger partial charge >= 0.3 is 0 Å². The maximum Gasteiger partial charge on any atom is 0.0873 e. The van der Waals surface area contributed by atoms with E-state index < -0.39 is 0 Å². The second-order valence-electron chi connectivity index (χ2n) is 14.4. The fourth-order valence-corrected chi connectivity index (χ4v) is 9.39. The van der Waals surface area contributed by atoms with E-state index in [4.69, 9.17) is 10.8 Å². The largest absolute Gasteiger partial charge is 0.310 e. The van der Waals surface area contributed by atoms with Crippen LogP contribution in [0.15, 0.2) is 182 Å². The maximum absolute atomic E-state index is 8.58. The monoisotopic (exact) mass is 687 g/mol. The van der Waals surface area contributed by atoms with Crippen LogP contribution in [-0.2, 0) is 5.41 Å². The molecule has 54 heavy (non-hydrogen) atoms. The van der Waals surface area contributed by atoms with Crippen molar-refractivity contribution in [1.82, 2.24) is 0 Å². The zero-order valence-corrected chi connectivity index (χ0v) is 29.3. The number of benzene rings is 8. The molecule has 0 saturated heterocycles. The van der Waals surface area contributed by atoms with Crippen LogP contribution in [0.1, 0.15) is 33.4 Å². The van der Waals surface area contributed by atoms with E-state index in [0.29, 0.717) is 0 Å². The molecule has 0 fully saturated rings. The van der Waals surface area contributed by atoms with Gasteiger partial charge in [0.2, 0.25) is 0 Å². The number of hydrogen-bond acceptors (Lipinski definition) is 3. The van der Waals surface area contributed by atoms with Gasteiger partial charge in [-0.25, -0.2) is 0 Å². The minimum atomic E-state index is -0.366. The highest BCUT2D eigenvalue weighted by molar-refractivity contribution is 6.53. The second kappa shape index (κ2) is 11.4. The topological polar surface area (TPSA) is 50.9 Å². The van der Waals surface area contributed by atoms with Gasteiger partial charge in [0.25, 0.3) is 0 Å². The van der Waals surface area contributed by atoms with E-state index in [-0.39, 0.29) is 16.8 Å². The molecular weight excluding hydrogens is 655 g/mol. The summed E-state index contributed by atoms with van der Waals surface area (Å²) in [4.78, 5) is 2.36. The van der Waals surface area contributed by atoms with Crippen LogP contribution in [0.2, 0.25) is 0 Å². The van der Waals surface area contributed by atoms with E-state index >= 15 is 0 Å². The molecule has 8 aromatic rings.